The second-order valence-corrected chi connectivity index (χ2v) is 18.5. The summed E-state index contributed by atoms with van der Waals surface area (Å²) in [5.41, 5.74) is 0. The highest BCUT2D eigenvalue weighted by atomic mass is 16.6. The zero-order valence-electron chi connectivity index (χ0n) is 42.6. The van der Waals surface area contributed by atoms with Crippen LogP contribution in [0.15, 0.2) is 48.6 Å². The van der Waals surface area contributed by atoms with Crippen LogP contribution in [0.3, 0.4) is 0 Å². The average Bonchev–Trinajstić information content (AvgIpc) is 3.29. The molecule has 0 aromatic heterocycles. The van der Waals surface area contributed by atoms with Crippen molar-refractivity contribution in [1.82, 2.24) is 0 Å². The van der Waals surface area contributed by atoms with Gasteiger partial charge in [0.2, 0.25) is 0 Å². The predicted molar refractivity (Wildman–Crippen MR) is 275 cm³/mol. The lowest BCUT2D eigenvalue weighted by Crippen LogP contribution is -2.30. The standard InChI is InChI=1S/C58H104O6/c1-4-7-10-13-16-19-22-25-27-28-29-30-32-33-36-39-42-45-48-51-57(60)63-54-55(53-62-56(59)50-47-44-41-38-35-24-21-18-15-12-9-6-3)64-58(61)52-49-46-43-40-37-34-31-26-23-20-17-14-11-8-5-2/h9,12,18,21,28-29,35,38,55H,4-8,10-11,13-17,19-20,22-27,30-34,36-37,39-54H2,1-3H3/b12-9-,21-18-,29-28-,38-35-. The van der Waals surface area contributed by atoms with Gasteiger partial charge in [0.25, 0.3) is 0 Å². The monoisotopic (exact) mass is 897 g/mol. The summed E-state index contributed by atoms with van der Waals surface area (Å²) in [6.45, 7) is 6.51. The van der Waals surface area contributed by atoms with Crippen LogP contribution in [0.5, 0.6) is 0 Å². The van der Waals surface area contributed by atoms with Gasteiger partial charge in [0.05, 0.1) is 0 Å². The number of ether oxygens (including phenoxy) is 3. The number of carbonyl (C=O) groups excluding carboxylic acids is 3. The molecule has 0 rings (SSSR count). The lowest BCUT2D eigenvalue weighted by Gasteiger charge is -2.18. The van der Waals surface area contributed by atoms with Crippen LogP contribution < -0.4 is 0 Å². The van der Waals surface area contributed by atoms with E-state index in [1.807, 2.05) is 0 Å². The van der Waals surface area contributed by atoms with Gasteiger partial charge in [0, 0.05) is 19.3 Å². The predicted octanol–water partition coefficient (Wildman–Crippen LogP) is 18.3. The maximum absolute atomic E-state index is 12.8. The SMILES string of the molecule is CC/C=C\C/C=C\C/C=C\CCCCC(=O)OCC(COC(=O)CCCCCCCCC/C=C\CCCCCCCCCC)OC(=O)CCCCCCCCCCCCCCCCC. The first-order valence-corrected chi connectivity index (χ1v) is 27.6. The molecule has 1 atom stereocenters. The third-order valence-electron chi connectivity index (χ3n) is 12.1. The van der Waals surface area contributed by atoms with Gasteiger partial charge in [0.15, 0.2) is 6.10 Å². The van der Waals surface area contributed by atoms with Crippen molar-refractivity contribution in [2.24, 2.45) is 0 Å². The number of rotatable bonds is 50. The smallest absolute Gasteiger partial charge is 0.306 e. The van der Waals surface area contributed by atoms with Crippen LogP contribution in [0.1, 0.15) is 284 Å². The van der Waals surface area contributed by atoms with Gasteiger partial charge in [0.1, 0.15) is 13.2 Å². The van der Waals surface area contributed by atoms with Crippen LogP contribution in [0.4, 0.5) is 0 Å². The summed E-state index contributed by atoms with van der Waals surface area (Å²) in [6.07, 6.45) is 63.9. The second-order valence-electron chi connectivity index (χ2n) is 18.5. The Morgan fingerprint density at radius 3 is 1.00 bits per heavy atom. The maximum Gasteiger partial charge on any atom is 0.306 e. The molecule has 0 bridgehead atoms. The summed E-state index contributed by atoms with van der Waals surface area (Å²) in [4.78, 5) is 38.0. The van der Waals surface area contributed by atoms with Gasteiger partial charge in [-0.05, 0) is 77.0 Å². The summed E-state index contributed by atoms with van der Waals surface area (Å²) in [5, 5.41) is 0. The normalized spacial score (nSPS) is 12.4. The van der Waals surface area contributed by atoms with Crippen molar-refractivity contribution in [1.29, 1.82) is 0 Å². The maximum atomic E-state index is 12.8. The summed E-state index contributed by atoms with van der Waals surface area (Å²) in [5.74, 6) is -0.918. The highest BCUT2D eigenvalue weighted by molar-refractivity contribution is 5.71. The van der Waals surface area contributed by atoms with Crippen LogP contribution in [-0.4, -0.2) is 37.2 Å². The quantitative estimate of drug-likeness (QED) is 0.0262. The largest absolute Gasteiger partial charge is 0.462 e. The van der Waals surface area contributed by atoms with E-state index in [-0.39, 0.29) is 31.1 Å². The highest BCUT2D eigenvalue weighted by Crippen LogP contribution is 2.16. The summed E-state index contributed by atoms with van der Waals surface area (Å²) >= 11 is 0. The minimum atomic E-state index is -0.787. The molecule has 0 radical (unpaired) electrons. The number of hydrogen-bond acceptors (Lipinski definition) is 6. The van der Waals surface area contributed by atoms with Crippen molar-refractivity contribution in [3.8, 4) is 0 Å². The van der Waals surface area contributed by atoms with Crippen molar-refractivity contribution in [2.75, 3.05) is 13.2 Å². The van der Waals surface area contributed by atoms with E-state index in [1.165, 1.54) is 167 Å². The molecule has 0 fully saturated rings. The van der Waals surface area contributed by atoms with E-state index in [1.54, 1.807) is 0 Å². The van der Waals surface area contributed by atoms with E-state index in [2.05, 4.69) is 69.4 Å². The molecule has 372 valence electrons. The van der Waals surface area contributed by atoms with Crippen molar-refractivity contribution < 1.29 is 28.6 Å². The lowest BCUT2D eigenvalue weighted by atomic mass is 10.0. The molecule has 0 saturated heterocycles. The fraction of sp³-hybridized carbons (Fsp3) is 0.810. The number of carbonyl (C=O) groups is 3. The third-order valence-corrected chi connectivity index (χ3v) is 12.1. The van der Waals surface area contributed by atoms with Gasteiger partial charge in [-0.1, -0.05) is 236 Å². The number of hydrogen-bond donors (Lipinski definition) is 0. The van der Waals surface area contributed by atoms with Gasteiger partial charge >= 0.3 is 17.9 Å². The van der Waals surface area contributed by atoms with Crippen molar-refractivity contribution in [3.63, 3.8) is 0 Å². The van der Waals surface area contributed by atoms with Crippen LogP contribution in [0.2, 0.25) is 0 Å². The Bertz CT molecular complexity index is 1120. The minimum absolute atomic E-state index is 0.0849. The molecule has 64 heavy (non-hydrogen) atoms. The van der Waals surface area contributed by atoms with Crippen molar-refractivity contribution in [2.45, 2.75) is 290 Å². The van der Waals surface area contributed by atoms with Gasteiger partial charge in [-0.25, -0.2) is 0 Å². The van der Waals surface area contributed by atoms with E-state index in [4.69, 9.17) is 14.2 Å². The van der Waals surface area contributed by atoms with E-state index >= 15 is 0 Å². The molecule has 0 aliphatic heterocycles. The third kappa shape index (κ3) is 50.4. The fourth-order valence-electron chi connectivity index (χ4n) is 7.92. The number of allylic oxidation sites excluding steroid dienone is 8. The van der Waals surface area contributed by atoms with Crippen LogP contribution in [0, 0.1) is 0 Å². The van der Waals surface area contributed by atoms with Gasteiger partial charge < -0.3 is 14.2 Å². The molecule has 6 nitrogen and oxygen atoms in total. The number of esters is 3. The van der Waals surface area contributed by atoms with Gasteiger partial charge in [-0.15, -0.1) is 0 Å². The molecule has 0 amide bonds. The molecule has 0 aliphatic rings. The van der Waals surface area contributed by atoms with Crippen LogP contribution >= 0.6 is 0 Å². The topological polar surface area (TPSA) is 78.9 Å². The molecular formula is C58H104O6. The fourth-order valence-corrected chi connectivity index (χ4v) is 7.92. The van der Waals surface area contributed by atoms with Gasteiger partial charge in [-0.3, -0.25) is 14.4 Å². The molecule has 0 saturated carbocycles. The second kappa shape index (κ2) is 53.0. The summed E-state index contributed by atoms with van der Waals surface area (Å²) in [7, 11) is 0. The molecule has 0 heterocycles. The Kier molecular flexibility index (Phi) is 50.8. The molecule has 0 aliphatic carbocycles. The van der Waals surface area contributed by atoms with E-state index in [9.17, 15) is 14.4 Å². The molecule has 0 aromatic carbocycles. The molecule has 6 heteroatoms. The first-order chi connectivity index (χ1) is 31.5. The van der Waals surface area contributed by atoms with E-state index in [0.717, 1.165) is 77.0 Å². The Morgan fingerprint density at radius 1 is 0.328 bits per heavy atom. The highest BCUT2D eigenvalue weighted by Gasteiger charge is 2.19. The molecule has 1 unspecified atom stereocenters. The Balaban J connectivity index is 4.35. The van der Waals surface area contributed by atoms with Crippen molar-refractivity contribution >= 4 is 17.9 Å². The minimum Gasteiger partial charge on any atom is -0.462 e. The van der Waals surface area contributed by atoms with Crippen LogP contribution in [-0.2, 0) is 28.6 Å². The Morgan fingerprint density at radius 2 is 0.609 bits per heavy atom. The van der Waals surface area contributed by atoms with Crippen molar-refractivity contribution in [3.05, 3.63) is 48.6 Å². The number of unbranched alkanes of at least 4 members (excludes halogenated alkanes) is 31. The molecular weight excluding hydrogens is 793 g/mol. The first-order valence-electron chi connectivity index (χ1n) is 27.6. The van der Waals surface area contributed by atoms with Crippen LogP contribution in [0.25, 0.3) is 0 Å². The Labute approximate surface area is 397 Å². The first kappa shape index (κ1) is 61.4. The molecule has 0 spiro atoms. The molecule has 0 aromatic rings. The van der Waals surface area contributed by atoms with Gasteiger partial charge in [-0.2, -0.15) is 0 Å². The summed E-state index contributed by atoms with van der Waals surface area (Å²) in [6, 6.07) is 0. The zero-order chi connectivity index (χ0) is 46.5. The summed E-state index contributed by atoms with van der Waals surface area (Å²) < 4.78 is 16.8. The average molecular weight is 897 g/mol. The zero-order valence-corrected chi connectivity index (χ0v) is 42.6. The Hall–Kier alpha value is -2.63. The lowest BCUT2D eigenvalue weighted by molar-refractivity contribution is -0.167. The van der Waals surface area contributed by atoms with E-state index in [0.29, 0.717) is 19.3 Å². The van der Waals surface area contributed by atoms with E-state index < -0.39 is 6.10 Å². The molecule has 0 N–H and O–H groups in total.